The van der Waals surface area contributed by atoms with E-state index < -0.39 is 10.8 Å². The number of halogens is 1. The fourth-order valence-electron chi connectivity index (χ4n) is 8.63. The van der Waals surface area contributed by atoms with Crippen molar-refractivity contribution in [2.45, 2.75) is 71.6 Å². The Morgan fingerprint density at radius 3 is 2.41 bits per heavy atom. The molecule has 4 nitrogen and oxygen atoms in total. The molecule has 0 unspecified atom stereocenters. The summed E-state index contributed by atoms with van der Waals surface area (Å²) in [6, 6.07) is 7.28. The van der Waals surface area contributed by atoms with Gasteiger partial charge in [-0.2, -0.15) is 0 Å². The number of esters is 1. The molecular formula is C31H37ClO4S. The molecular weight excluding hydrogens is 504 g/mol. The number of benzene rings is 1. The number of rotatable bonds is 3. The minimum atomic E-state index is -0.464. The highest BCUT2D eigenvalue weighted by molar-refractivity contribution is 8.14. The van der Waals surface area contributed by atoms with Crippen LogP contribution < -0.4 is 0 Å². The minimum absolute atomic E-state index is 0.00000545. The Labute approximate surface area is 229 Å². The first kappa shape index (κ1) is 26.7. The van der Waals surface area contributed by atoms with Crippen LogP contribution in [0.4, 0.5) is 0 Å². The fraction of sp³-hybridized carbons (Fsp3) is 0.581. The van der Waals surface area contributed by atoms with E-state index in [4.69, 9.17) is 16.3 Å². The van der Waals surface area contributed by atoms with Gasteiger partial charge in [-0.1, -0.05) is 51.4 Å². The summed E-state index contributed by atoms with van der Waals surface area (Å²) in [5, 5.41) is 0.639. The molecule has 0 bridgehead atoms. The van der Waals surface area contributed by atoms with Gasteiger partial charge in [0.25, 0.3) is 0 Å². The van der Waals surface area contributed by atoms with E-state index >= 15 is 0 Å². The van der Waals surface area contributed by atoms with E-state index in [9.17, 15) is 14.4 Å². The number of carbonyl (C=O) groups excluding carboxylic acids is 3. The number of hydrogen-bond donors (Lipinski definition) is 0. The van der Waals surface area contributed by atoms with Crippen molar-refractivity contribution in [1.29, 1.82) is 0 Å². The Hall–Kier alpha value is -1.85. The standard InChI is InChI=1S/C31H37ClO4S/c1-19(27(35)37-22-9-7-21(32)8-10-22)16-20-6-11-24-29(4,31(20)17-26(34)36-18-31)15-12-23-28(2,3)14-13-25(33)30(23,24)5/h7-10,13-14,16,20,23-24H,6,11-12,15,17-18H2,1-5H3/b19-16+/t20-,23+,24+,29-,30+,31+/m1/s1. The number of allylic oxidation sites excluding steroid dienone is 3. The molecule has 6 heteroatoms. The van der Waals surface area contributed by atoms with Gasteiger partial charge in [0, 0.05) is 20.7 Å². The molecule has 0 N–H and O–H groups in total. The van der Waals surface area contributed by atoms with Gasteiger partial charge in [-0.05, 0) is 109 Å². The maximum absolute atomic E-state index is 13.6. The van der Waals surface area contributed by atoms with Crippen LogP contribution in [0.3, 0.4) is 0 Å². The van der Waals surface area contributed by atoms with Crippen LogP contribution in [-0.2, 0) is 19.1 Å². The van der Waals surface area contributed by atoms with Crippen LogP contribution in [0.25, 0.3) is 0 Å². The third-order valence-electron chi connectivity index (χ3n) is 10.6. The maximum atomic E-state index is 13.6. The fourth-order valence-corrected chi connectivity index (χ4v) is 9.48. The number of carbonyl (C=O) groups is 3. The second kappa shape index (κ2) is 9.12. The van der Waals surface area contributed by atoms with Crippen LogP contribution >= 0.6 is 23.4 Å². The van der Waals surface area contributed by atoms with E-state index in [2.05, 4.69) is 39.8 Å². The molecule has 1 spiro atoms. The number of fused-ring (bicyclic) bond motifs is 4. The van der Waals surface area contributed by atoms with Crippen molar-refractivity contribution in [3.63, 3.8) is 0 Å². The summed E-state index contributed by atoms with van der Waals surface area (Å²) < 4.78 is 5.71. The van der Waals surface area contributed by atoms with Crippen molar-refractivity contribution in [3.05, 3.63) is 53.1 Å². The zero-order valence-corrected chi connectivity index (χ0v) is 24.0. The van der Waals surface area contributed by atoms with Crippen LogP contribution in [0.5, 0.6) is 0 Å². The van der Waals surface area contributed by atoms with Gasteiger partial charge in [-0.25, -0.2) is 0 Å². The average Bonchev–Trinajstić information content (AvgIpc) is 3.24. The number of ether oxygens (including phenoxy) is 1. The third kappa shape index (κ3) is 4.07. The van der Waals surface area contributed by atoms with Crippen molar-refractivity contribution >= 4 is 40.2 Å². The van der Waals surface area contributed by atoms with Gasteiger partial charge in [-0.15, -0.1) is 0 Å². The lowest BCUT2D eigenvalue weighted by Crippen LogP contribution is -2.65. The molecule has 3 fully saturated rings. The van der Waals surface area contributed by atoms with E-state index in [0.717, 1.165) is 30.6 Å². The van der Waals surface area contributed by atoms with E-state index in [1.54, 1.807) is 12.1 Å². The molecule has 3 aliphatic carbocycles. The lowest BCUT2D eigenvalue weighted by atomic mass is 9.35. The van der Waals surface area contributed by atoms with E-state index in [-0.39, 0.29) is 45.5 Å². The quantitative estimate of drug-likeness (QED) is 0.226. The Kier molecular flexibility index (Phi) is 6.59. The second-order valence-electron chi connectivity index (χ2n) is 12.7. The lowest BCUT2D eigenvalue weighted by molar-refractivity contribution is -0.191. The molecule has 0 aromatic heterocycles. The van der Waals surface area contributed by atoms with Crippen LogP contribution in [0.1, 0.15) is 66.7 Å². The highest BCUT2D eigenvalue weighted by Crippen LogP contribution is 2.72. The Morgan fingerprint density at radius 1 is 1.05 bits per heavy atom. The summed E-state index contributed by atoms with van der Waals surface area (Å²) in [4.78, 5) is 40.3. The Morgan fingerprint density at radius 2 is 1.76 bits per heavy atom. The molecule has 5 rings (SSSR count). The van der Waals surface area contributed by atoms with Crippen LogP contribution in [0.2, 0.25) is 5.02 Å². The van der Waals surface area contributed by atoms with E-state index in [1.165, 1.54) is 11.8 Å². The second-order valence-corrected chi connectivity index (χ2v) is 14.2. The molecule has 4 aliphatic rings. The summed E-state index contributed by atoms with van der Waals surface area (Å²) >= 11 is 7.20. The van der Waals surface area contributed by atoms with Crippen molar-refractivity contribution < 1.29 is 19.1 Å². The van der Waals surface area contributed by atoms with Gasteiger partial charge >= 0.3 is 5.97 Å². The van der Waals surface area contributed by atoms with Gasteiger partial charge in [0.1, 0.15) is 0 Å². The SMILES string of the molecule is C/C(=C\[C@H]1CC[C@@H]2[C@@]3(C)C(=O)C=CC(C)(C)[C@@H]3CC[C@@]2(C)[C@@]12COC(=O)C2)C(=O)Sc1ccc(Cl)cc1. The lowest BCUT2D eigenvalue weighted by Gasteiger charge is -2.67. The zero-order chi connectivity index (χ0) is 26.8. The van der Waals surface area contributed by atoms with Gasteiger partial charge in [-0.3, -0.25) is 14.4 Å². The first-order valence-corrected chi connectivity index (χ1v) is 14.6. The molecule has 1 saturated heterocycles. The van der Waals surface area contributed by atoms with E-state index in [0.29, 0.717) is 23.6 Å². The molecule has 1 aromatic carbocycles. The summed E-state index contributed by atoms with van der Waals surface area (Å²) in [5.74, 6) is 0.540. The third-order valence-corrected chi connectivity index (χ3v) is 11.9. The highest BCUT2D eigenvalue weighted by Gasteiger charge is 2.70. The Balaban J connectivity index is 1.50. The number of hydrogen-bond acceptors (Lipinski definition) is 5. The zero-order valence-electron chi connectivity index (χ0n) is 22.4. The van der Waals surface area contributed by atoms with Crippen molar-refractivity contribution in [2.24, 2.45) is 39.4 Å². The number of ketones is 1. The minimum Gasteiger partial charge on any atom is -0.465 e. The molecule has 37 heavy (non-hydrogen) atoms. The predicted octanol–water partition coefficient (Wildman–Crippen LogP) is 7.45. The average molecular weight is 541 g/mol. The summed E-state index contributed by atoms with van der Waals surface area (Å²) in [6.07, 6.45) is 10.0. The van der Waals surface area contributed by atoms with Crippen molar-refractivity contribution in [2.75, 3.05) is 6.61 Å². The normalized spacial score (nSPS) is 38.8. The molecule has 1 aromatic rings. The predicted molar refractivity (Wildman–Crippen MR) is 147 cm³/mol. The molecule has 1 heterocycles. The maximum Gasteiger partial charge on any atom is 0.306 e. The first-order chi connectivity index (χ1) is 17.3. The summed E-state index contributed by atoms with van der Waals surface area (Å²) in [5.41, 5.74) is -0.471. The van der Waals surface area contributed by atoms with Crippen LogP contribution in [0.15, 0.2) is 53.0 Å². The molecule has 1 aliphatic heterocycles. The largest absolute Gasteiger partial charge is 0.465 e. The summed E-state index contributed by atoms with van der Waals surface area (Å²) in [6.45, 7) is 11.2. The molecule has 0 radical (unpaired) electrons. The van der Waals surface area contributed by atoms with Crippen molar-refractivity contribution in [3.8, 4) is 0 Å². The van der Waals surface area contributed by atoms with Crippen LogP contribution in [-0.4, -0.2) is 23.5 Å². The van der Waals surface area contributed by atoms with Gasteiger partial charge in [0.05, 0.1) is 13.0 Å². The van der Waals surface area contributed by atoms with E-state index in [1.807, 2.05) is 25.1 Å². The highest BCUT2D eigenvalue weighted by atomic mass is 35.5. The topological polar surface area (TPSA) is 60.4 Å². The monoisotopic (exact) mass is 540 g/mol. The Bertz CT molecular complexity index is 1200. The first-order valence-electron chi connectivity index (χ1n) is 13.4. The van der Waals surface area contributed by atoms with Gasteiger partial charge < -0.3 is 4.74 Å². The summed E-state index contributed by atoms with van der Waals surface area (Å²) in [7, 11) is 0. The molecule has 198 valence electrons. The van der Waals surface area contributed by atoms with Gasteiger partial charge in [0.15, 0.2) is 5.78 Å². The molecule has 0 amide bonds. The van der Waals surface area contributed by atoms with Crippen LogP contribution in [0, 0.1) is 39.4 Å². The molecule has 6 atom stereocenters. The number of thioether (sulfide) groups is 1. The number of cyclic esters (lactones) is 1. The molecule has 2 saturated carbocycles. The smallest absolute Gasteiger partial charge is 0.306 e. The van der Waals surface area contributed by atoms with Crippen molar-refractivity contribution in [1.82, 2.24) is 0 Å². The van der Waals surface area contributed by atoms with Gasteiger partial charge in [0.2, 0.25) is 5.12 Å².